The van der Waals surface area contributed by atoms with Crippen LogP contribution in [0, 0.1) is 0 Å². The molecule has 0 saturated carbocycles. The molecule has 10 nitrogen and oxygen atoms in total. The molecule has 0 bridgehead atoms. The molecule has 0 unspecified atom stereocenters. The maximum atomic E-state index is 12.3. The first kappa shape index (κ1) is 19.6. The predicted molar refractivity (Wildman–Crippen MR) is 103 cm³/mol. The third-order valence-electron chi connectivity index (χ3n) is 4.39. The van der Waals surface area contributed by atoms with Crippen molar-refractivity contribution in [1.29, 1.82) is 0 Å². The quantitative estimate of drug-likeness (QED) is 0.420. The van der Waals surface area contributed by atoms with Gasteiger partial charge >= 0.3 is 6.61 Å². The van der Waals surface area contributed by atoms with Gasteiger partial charge < -0.3 is 15.2 Å². The smallest absolute Gasteiger partial charge is 0.388 e. The van der Waals surface area contributed by atoms with Crippen LogP contribution < -0.4 is 10.1 Å². The topological polar surface area (TPSA) is 127 Å². The Kier molecular flexibility index (Phi) is 5.23. The van der Waals surface area contributed by atoms with Gasteiger partial charge in [-0.25, -0.2) is 14.6 Å². The highest BCUT2D eigenvalue weighted by Gasteiger charge is 2.22. The summed E-state index contributed by atoms with van der Waals surface area (Å²) in [5.41, 5.74) is 2.20. The van der Waals surface area contributed by atoms with E-state index in [-0.39, 0.29) is 11.9 Å². The number of fused-ring (bicyclic) bond motifs is 1. The molecule has 0 amide bonds. The van der Waals surface area contributed by atoms with Gasteiger partial charge in [0.25, 0.3) is 0 Å². The van der Waals surface area contributed by atoms with Crippen molar-refractivity contribution in [2.45, 2.75) is 32.6 Å². The SMILES string of the molecule is C[C@@H](O)c1nn([C@@H](C)c2cccnc2)c2nc(Nc3cc(OC(F)F)n[nH]3)cnc12. The summed E-state index contributed by atoms with van der Waals surface area (Å²) in [5.74, 6) is 0.362. The normalized spacial score (nSPS) is 13.5. The van der Waals surface area contributed by atoms with E-state index in [4.69, 9.17) is 0 Å². The van der Waals surface area contributed by atoms with Crippen LogP contribution in [0.2, 0.25) is 0 Å². The van der Waals surface area contributed by atoms with Gasteiger partial charge in [-0.15, -0.1) is 5.10 Å². The zero-order valence-corrected chi connectivity index (χ0v) is 16.0. The van der Waals surface area contributed by atoms with Crippen LogP contribution in [0.25, 0.3) is 11.2 Å². The maximum absolute atomic E-state index is 12.3. The maximum Gasteiger partial charge on any atom is 0.388 e. The molecule has 156 valence electrons. The molecular formula is C18H18F2N8O2. The fraction of sp³-hybridized carbons (Fsp3) is 0.278. The fourth-order valence-electron chi connectivity index (χ4n) is 2.96. The summed E-state index contributed by atoms with van der Waals surface area (Å²) in [6.45, 7) is 0.559. The van der Waals surface area contributed by atoms with E-state index in [1.54, 1.807) is 24.0 Å². The van der Waals surface area contributed by atoms with E-state index in [0.717, 1.165) is 5.56 Å². The molecule has 0 aliphatic carbocycles. The number of aromatic amines is 1. The molecule has 0 aliphatic rings. The van der Waals surface area contributed by atoms with Crippen LogP contribution in [0.15, 0.2) is 36.8 Å². The van der Waals surface area contributed by atoms with Crippen LogP contribution in [0.1, 0.15) is 37.3 Å². The molecule has 0 aliphatic heterocycles. The van der Waals surface area contributed by atoms with Gasteiger partial charge in [0.05, 0.1) is 18.3 Å². The van der Waals surface area contributed by atoms with Gasteiger partial charge in [0.15, 0.2) is 11.5 Å². The van der Waals surface area contributed by atoms with Gasteiger partial charge in [0.1, 0.15) is 17.0 Å². The molecular weight excluding hydrogens is 398 g/mol. The first-order valence-corrected chi connectivity index (χ1v) is 9.02. The highest BCUT2D eigenvalue weighted by Crippen LogP contribution is 2.27. The Hall–Kier alpha value is -3.67. The summed E-state index contributed by atoms with van der Waals surface area (Å²) in [4.78, 5) is 13.1. The van der Waals surface area contributed by atoms with E-state index in [1.807, 2.05) is 19.1 Å². The zero-order chi connectivity index (χ0) is 21.3. The third kappa shape index (κ3) is 3.89. The molecule has 0 fully saturated rings. The standard InChI is InChI=1S/C18H18F2N8O2/c1-9(11-4-3-5-21-7-11)28-17-16(15(27-28)10(2)29)22-8-13(24-17)23-12-6-14(26-25-12)30-18(19)20/h3-10,18,29H,1-2H3,(H2,23,24,25,26)/t9-,10+/m0/s1. The van der Waals surface area contributed by atoms with E-state index < -0.39 is 12.7 Å². The van der Waals surface area contributed by atoms with E-state index in [0.29, 0.717) is 28.5 Å². The van der Waals surface area contributed by atoms with Crippen molar-refractivity contribution in [1.82, 2.24) is 34.9 Å². The van der Waals surface area contributed by atoms with Gasteiger partial charge in [0, 0.05) is 18.5 Å². The van der Waals surface area contributed by atoms with Crippen LogP contribution in [-0.4, -0.2) is 46.6 Å². The van der Waals surface area contributed by atoms with Crippen LogP contribution in [-0.2, 0) is 0 Å². The van der Waals surface area contributed by atoms with E-state index in [2.05, 4.69) is 40.3 Å². The molecule has 0 radical (unpaired) electrons. The molecule has 3 N–H and O–H groups in total. The van der Waals surface area contributed by atoms with Crippen LogP contribution >= 0.6 is 0 Å². The number of anilines is 2. The van der Waals surface area contributed by atoms with Crippen LogP contribution in [0.4, 0.5) is 20.4 Å². The molecule has 0 aromatic carbocycles. The van der Waals surface area contributed by atoms with Crippen molar-refractivity contribution in [3.05, 3.63) is 48.0 Å². The molecule has 4 rings (SSSR count). The molecule has 4 aromatic heterocycles. The van der Waals surface area contributed by atoms with Crippen molar-refractivity contribution in [3.8, 4) is 5.88 Å². The van der Waals surface area contributed by atoms with Gasteiger partial charge in [-0.3, -0.25) is 10.1 Å². The summed E-state index contributed by atoms with van der Waals surface area (Å²) >= 11 is 0. The number of hydrogen-bond donors (Lipinski definition) is 3. The Labute approximate surface area is 169 Å². The van der Waals surface area contributed by atoms with Crippen molar-refractivity contribution < 1.29 is 18.6 Å². The molecule has 4 heterocycles. The molecule has 0 saturated heterocycles. The minimum Gasteiger partial charge on any atom is -0.415 e. The number of ether oxygens (including phenoxy) is 1. The van der Waals surface area contributed by atoms with Gasteiger partial charge in [-0.05, 0) is 25.5 Å². The average Bonchev–Trinajstić information content (AvgIpc) is 3.31. The summed E-state index contributed by atoms with van der Waals surface area (Å²) < 4.78 is 30.5. The first-order valence-electron chi connectivity index (χ1n) is 9.02. The lowest BCUT2D eigenvalue weighted by molar-refractivity contribution is -0.0528. The summed E-state index contributed by atoms with van der Waals surface area (Å²) in [7, 11) is 0. The van der Waals surface area contributed by atoms with Crippen molar-refractivity contribution in [2.24, 2.45) is 0 Å². The number of hydrogen-bond acceptors (Lipinski definition) is 8. The second-order valence-electron chi connectivity index (χ2n) is 6.52. The molecule has 2 atom stereocenters. The van der Waals surface area contributed by atoms with Crippen molar-refractivity contribution >= 4 is 22.8 Å². The number of aliphatic hydroxyl groups is 1. The molecule has 30 heavy (non-hydrogen) atoms. The van der Waals surface area contributed by atoms with E-state index in [9.17, 15) is 13.9 Å². The summed E-state index contributed by atoms with van der Waals surface area (Å²) in [5, 5.41) is 23.7. The Morgan fingerprint density at radius 2 is 2.10 bits per heavy atom. The molecule has 0 spiro atoms. The Morgan fingerprint density at radius 3 is 2.80 bits per heavy atom. The van der Waals surface area contributed by atoms with Crippen LogP contribution in [0.5, 0.6) is 5.88 Å². The third-order valence-corrected chi connectivity index (χ3v) is 4.39. The number of pyridine rings is 1. The number of aliphatic hydroxyl groups excluding tert-OH is 1. The highest BCUT2D eigenvalue weighted by molar-refractivity contribution is 5.76. The second kappa shape index (κ2) is 7.99. The predicted octanol–water partition coefficient (Wildman–Crippen LogP) is 2.95. The number of aromatic nitrogens is 7. The Morgan fingerprint density at radius 1 is 1.27 bits per heavy atom. The van der Waals surface area contributed by atoms with Gasteiger partial charge in [0.2, 0.25) is 5.88 Å². The molecule has 4 aromatic rings. The number of rotatable bonds is 7. The zero-order valence-electron chi connectivity index (χ0n) is 16.0. The Balaban J connectivity index is 1.71. The van der Waals surface area contributed by atoms with Crippen molar-refractivity contribution in [2.75, 3.05) is 5.32 Å². The lowest BCUT2D eigenvalue weighted by Crippen LogP contribution is -2.10. The summed E-state index contributed by atoms with van der Waals surface area (Å²) in [6, 6.07) is 4.78. The highest BCUT2D eigenvalue weighted by atomic mass is 19.3. The second-order valence-corrected chi connectivity index (χ2v) is 6.52. The van der Waals surface area contributed by atoms with Gasteiger partial charge in [-0.1, -0.05) is 6.07 Å². The number of H-pyrrole nitrogens is 1. The van der Waals surface area contributed by atoms with Gasteiger partial charge in [-0.2, -0.15) is 13.9 Å². The summed E-state index contributed by atoms with van der Waals surface area (Å²) in [6.07, 6.45) is 4.01. The Bertz CT molecular complexity index is 1150. The number of nitrogens with one attached hydrogen (secondary N) is 2. The number of halogens is 2. The first-order chi connectivity index (χ1) is 14.4. The monoisotopic (exact) mass is 416 g/mol. The minimum atomic E-state index is -2.97. The van der Waals surface area contributed by atoms with Crippen molar-refractivity contribution in [3.63, 3.8) is 0 Å². The number of nitrogens with zero attached hydrogens (tertiary/aromatic N) is 6. The van der Waals surface area contributed by atoms with Crippen LogP contribution in [0.3, 0.4) is 0 Å². The van der Waals surface area contributed by atoms with E-state index in [1.165, 1.54) is 12.3 Å². The lowest BCUT2D eigenvalue weighted by atomic mass is 10.1. The fourth-order valence-corrected chi connectivity index (χ4v) is 2.96. The number of alkyl halides is 2. The molecule has 12 heteroatoms. The minimum absolute atomic E-state index is 0.226. The lowest BCUT2D eigenvalue weighted by Gasteiger charge is -2.13. The van der Waals surface area contributed by atoms with E-state index >= 15 is 0 Å². The average molecular weight is 416 g/mol. The largest absolute Gasteiger partial charge is 0.415 e.